The summed E-state index contributed by atoms with van der Waals surface area (Å²) in [6.45, 7) is 3.49. The average molecular weight is 436 g/mol. The summed E-state index contributed by atoms with van der Waals surface area (Å²) in [4.78, 5) is 15.8. The number of fused-ring (bicyclic) bond motifs is 4. The fraction of sp³-hybridized carbons (Fsp3) is 0.182. The Bertz CT molecular complexity index is 1270. The van der Waals surface area contributed by atoms with E-state index in [1.54, 1.807) is 19.9 Å². The smallest absolute Gasteiger partial charge is 0.353 e. The van der Waals surface area contributed by atoms with Gasteiger partial charge in [-0.05, 0) is 48.6 Å². The number of anilines is 2. The number of halogens is 6. The van der Waals surface area contributed by atoms with Gasteiger partial charge >= 0.3 is 12.4 Å². The van der Waals surface area contributed by atoms with E-state index in [2.05, 4.69) is 10.3 Å². The highest BCUT2D eigenvalue weighted by Crippen LogP contribution is 2.43. The van der Waals surface area contributed by atoms with Gasteiger partial charge in [-0.1, -0.05) is 24.3 Å². The monoisotopic (exact) mass is 436 g/mol. The molecule has 0 radical (unpaired) electrons. The van der Waals surface area contributed by atoms with Crippen LogP contribution in [0.4, 0.5) is 43.4 Å². The molecule has 0 aliphatic carbocycles. The maximum atomic E-state index is 14.0. The number of ketones is 1. The second kappa shape index (κ2) is 6.83. The van der Waals surface area contributed by atoms with Gasteiger partial charge in [-0.25, -0.2) is 4.99 Å². The number of hydrogen-bond acceptors (Lipinski definition) is 3. The fourth-order valence-corrected chi connectivity index (χ4v) is 3.56. The van der Waals surface area contributed by atoms with Gasteiger partial charge in [0.2, 0.25) is 0 Å². The van der Waals surface area contributed by atoms with Crippen molar-refractivity contribution in [1.82, 2.24) is 0 Å². The zero-order valence-electron chi connectivity index (χ0n) is 16.2. The Hall–Kier alpha value is -3.36. The van der Waals surface area contributed by atoms with Crippen LogP contribution in [-0.2, 0) is 0 Å². The normalized spacial score (nSPS) is 13.7. The van der Waals surface area contributed by atoms with E-state index in [4.69, 9.17) is 0 Å². The van der Waals surface area contributed by atoms with Gasteiger partial charge in [0.05, 0.1) is 17.1 Å². The predicted molar refractivity (Wildman–Crippen MR) is 106 cm³/mol. The molecule has 0 saturated carbocycles. The van der Waals surface area contributed by atoms with Crippen LogP contribution in [0.1, 0.15) is 27.0 Å². The fourth-order valence-electron chi connectivity index (χ4n) is 3.56. The number of benzene rings is 3. The molecular weight excluding hydrogens is 422 g/mol. The van der Waals surface area contributed by atoms with Gasteiger partial charge in [-0.3, -0.25) is 4.79 Å². The average Bonchev–Trinajstić information content (AvgIpc) is 2.83. The number of aliphatic imine (C=N–C) groups is 1. The maximum absolute atomic E-state index is 14.0. The minimum atomic E-state index is -5.25. The Morgan fingerprint density at radius 1 is 0.903 bits per heavy atom. The molecule has 0 saturated heterocycles. The number of rotatable bonds is 1. The molecule has 0 spiro atoms. The molecule has 0 amide bonds. The van der Waals surface area contributed by atoms with E-state index in [0.717, 1.165) is 5.56 Å². The minimum Gasteiger partial charge on any atom is -0.353 e. The zero-order chi connectivity index (χ0) is 22.7. The Balaban J connectivity index is 2.13. The molecule has 0 aromatic heterocycles. The first-order chi connectivity index (χ1) is 14.4. The van der Waals surface area contributed by atoms with E-state index in [9.17, 15) is 31.1 Å². The van der Waals surface area contributed by atoms with E-state index < -0.39 is 35.0 Å². The minimum absolute atomic E-state index is 0.000552. The molecule has 3 aromatic rings. The summed E-state index contributed by atoms with van der Waals surface area (Å²) in [5.74, 6) is -2.22. The third-order valence-electron chi connectivity index (χ3n) is 5.17. The lowest BCUT2D eigenvalue weighted by molar-refractivity contribution is -0.0884. The zero-order valence-corrected chi connectivity index (χ0v) is 16.2. The molecule has 1 aliphatic rings. The first kappa shape index (κ1) is 20.9. The van der Waals surface area contributed by atoms with Crippen LogP contribution in [0.5, 0.6) is 0 Å². The lowest BCUT2D eigenvalue weighted by atomic mass is 9.93. The predicted octanol–water partition coefficient (Wildman–Crippen LogP) is 6.94. The van der Waals surface area contributed by atoms with E-state index in [0.29, 0.717) is 11.6 Å². The van der Waals surface area contributed by atoms with Crippen LogP contribution in [0, 0.1) is 13.8 Å². The first-order valence-corrected chi connectivity index (χ1v) is 9.09. The molecule has 31 heavy (non-hydrogen) atoms. The van der Waals surface area contributed by atoms with Gasteiger partial charge in [-0.2, -0.15) is 26.3 Å². The molecule has 3 aromatic carbocycles. The van der Waals surface area contributed by atoms with Gasteiger partial charge in [-0.15, -0.1) is 0 Å². The summed E-state index contributed by atoms with van der Waals surface area (Å²) in [5, 5.41) is 2.86. The van der Waals surface area contributed by atoms with Gasteiger partial charge in [0.25, 0.3) is 5.78 Å². The van der Waals surface area contributed by atoms with Crippen LogP contribution < -0.4 is 5.32 Å². The van der Waals surface area contributed by atoms with Crippen molar-refractivity contribution >= 4 is 39.3 Å². The number of Topliss-reactive ketones (excluding diaryl/α,β-unsaturated/α-hetero) is 1. The molecule has 0 unspecified atom stereocenters. The maximum Gasteiger partial charge on any atom is 0.454 e. The van der Waals surface area contributed by atoms with Crippen LogP contribution in [0.2, 0.25) is 0 Å². The number of nitrogens with zero attached hydrogens (tertiary/aromatic N) is 1. The molecule has 1 aliphatic heterocycles. The van der Waals surface area contributed by atoms with Crippen molar-refractivity contribution in [3.8, 4) is 0 Å². The number of nitrogens with one attached hydrogen (secondary N) is 1. The first-order valence-electron chi connectivity index (χ1n) is 9.09. The van der Waals surface area contributed by atoms with Crippen molar-refractivity contribution in [2.24, 2.45) is 4.99 Å². The van der Waals surface area contributed by atoms with Crippen molar-refractivity contribution in [2.75, 3.05) is 5.32 Å². The van der Waals surface area contributed by atoms with Crippen molar-refractivity contribution in [2.45, 2.75) is 26.2 Å². The molecule has 3 nitrogen and oxygen atoms in total. The van der Waals surface area contributed by atoms with Gasteiger partial charge < -0.3 is 5.32 Å². The number of carbonyl (C=O) groups is 1. The molecule has 0 atom stereocenters. The van der Waals surface area contributed by atoms with E-state index in [-0.39, 0.29) is 27.8 Å². The van der Waals surface area contributed by atoms with E-state index in [1.165, 1.54) is 30.3 Å². The number of hydrogen-bond donors (Lipinski definition) is 1. The topological polar surface area (TPSA) is 41.5 Å². The summed E-state index contributed by atoms with van der Waals surface area (Å²) >= 11 is 0. The molecule has 4 rings (SSSR count). The van der Waals surface area contributed by atoms with Crippen LogP contribution in [0.25, 0.3) is 10.8 Å². The third-order valence-corrected chi connectivity index (χ3v) is 5.17. The van der Waals surface area contributed by atoms with Crippen molar-refractivity contribution in [3.63, 3.8) is 0 Å². The molecular formula is C22H14F6N2O. The molecule has 1 N–H and O–H groups in total. The van der Waals surface area contributed by atoms with Crippen LogP contribution in [0.15, 0.2) is 47.5 Å². The quantitative estimate of drug-likeness (QED) is 0.332. The Kier molecular flexibility index (Phi) is 4.60. The standard InChI is InChI=1S/C22H14F6N2O/c1-10-7-16-17(8-11(10)2)30-19(21(23,24)25)15-9-14(20(31)22(26,27)28)12-5-3-4-6-13(12)18(15)29-16/h3-9,29H,1-2H3. The second-order valence-corrected chi connectivity index (χ2v) is 7.26. The van der Waals surface area contributed by atoms with Crippen LogP contribution >= 0.6 is 0 Å². The summed E-state index contributed by atoms with van der Waals surface area (Å²) in [5.41, 5.74) is -1.14. The SMILES string of the molecule is Cc1cc2c(cc1C)Nc1c(cc(C(=O)C(F)(F)F)c3ccccc13)C(C(F)(F)F)=N2. The van der Waals surface area contributed by atoms with Crippen LogP contribution in [-0.4, -0.2) is 23.8 Å². The lowest BCUT2D eigenvalue weighted by Crippen LogP contribution is -2.27. The summed E-state index contributed by atoms with van der Waals surface area (Å²) in [6, 6.07) is 9.25. The van der Waals surface area contributed by atoms with E-state index in [1.807, 2.05) is 0 Å². The highest BCUT2D eigenvalue weighted by atomic mass is 19.4. The number of alkyl halides is 6. The largest absolute Gasteiger partial charge is 0.454 e. The molecule has 1 heterocycles. The molecule has 0 bridgehead atoms. The summed E-state index contributed by atoms with van der Waals surface area (Å²) in [7, 11) is 0. The van der Waals surface area contributed by atoms with Crippen molar-refractivity contribution in [3.05, 3.63) is 64.7 Å². The third kappa shape index (κ3) is 3.54. The highest BCUT2D eigenvalue weighted by molar-refractivity contribution is 6.22. The molecule has 0 fully saturated rings. The highest BCUT2D eigenvalue weighted by Gasteiger charge is 2.43. The molecule has 9 heteroatoms. The Morgan fingerprint density at radius 2 is 1.52 bits per heavy atom. The number of aryl methyl sites for hydroxylation is 2. The van der Waals surface area contributed by atoms with Crippen molar-refractivity contribution in [1.29, 1.82) is 0 Å². The summed E-state index contributed by atoms with van der Waals surface area (Å²) in [6.07, 6.45) is -10.2. The van der Waals surface area contributed by atoms with Gasteiger partial charge in [0.1, 0.15) is 0 Å². The van der Waals surface area contributed by atoms with Gasteiger partial charge in [0, 0.05) is 16.5 Å². The summed E-state index contributed by atoms with van der Waals surface area (Å²) < 4.78 is 81.5. The Morgan fingerprint density at radius 3 is 2.13 bits per heavy atom. The second-order valence-electron chi connectivity index (χ2n) is 7.26. The van der Waals surface area contributed by atoms with Gasteiger partial charge in [0.15, 0.2) is 5.71 Å². The Labute approximate surface area is 172 Å². The lowest BCUT2D eigenvalue weighted by Gasteiger charge is -2.18. The van der Waals surface area contributed by atoms with Crippen LogP contribution in [0.3, 0.4) is 0 Å². The van der Waals surface area contributed by atoms with E-state index >= 15 is 0 Å². The molecule has 160 valence electrons. The van der Waals surface area contributed by atoms with Crippen molar-refractivity contribution < 1.29 is 31.1 Å². The number of carbonyl (C=O) groups excluding carboxylic acids is 1.